The van der Waals surface area contributed by atoms with Crippen LogP contribution in [0.3, 0.4) is 0 Å². The molecule has 0 unspecified atom stereocenters. The smallest absolute Gasteiger partial charge is 0.315 e. The maximum atomic E-state index is 12.1. The molecule has 3 atom stereocenters. The second kappa shape index (κ2) is 5.88. The van der Waals surface area contributed by atoms with Crippen LogP contribution in [0.2, 0.25) is 0 Å². The number of carbonyl (C=O) groups excluding carboxylic acids is 1. The summed E-state index contributed by atoms with van der Waals surface area (Å²) in [6.45, 7) is 7.74. The van der Waals surface area contributed by atoms with Crippen LogP contribution < -0.4 is 10.6 Å². The van der Waals surface area contributed by atoms with Gasteiger partial charge in [0, 0.05) is 42.4 Å². The summed E-state index contributed by atoms with van der Waals surface area (Å²) >= 11 is 0. The lowest BCUT2D eigenvalue weighted by Crippen LogP contribution is -2.67. The number of urea groups is 1. The van der Waals surface area contributed by atoms with E-state index in [4.69, 9.17) is 4.74 Å². The molecule has 2 N–H and O–H groups in total. The van der Waals surface area contributed by atoms with E-state index in [1.54, 1.807) is 0 Å². The number of ether oxygens (including phenoxy) is 1. The summed E-state index contributed by atoms with van der Waals surface area (Å²) in [4.78, 5) is 16.3. The van der Waals surface area contributed by atoms with E-state index in [-0.39, 0.29) is 17.5 Å². The summed E-state index contributed by atoms with van der Waals surface area (Å²) in [7, 11) is 0. The molecule has 3 rings (SSSR count). The number of hydrogen-bond acceptors (Lipinski definition) is 3. The lowest BCUT2D eigenvalue weighted by atomic mass is 9.57. The molecule has 2 heterocycles. The van der Waals surface area contributed by atoms with E-state index >= 15 is 0 Å². The zero-order valence-electron chi connectivity index (χ0n) is 13.6. The Kier molecular flexibility index (Phi) is 4.08. The minimum atomic E-state index is -0.0801. The average Bonchev–Trinajstić information content (AvgIpc) is 2.94. The SMILES string of the molecule is Cc1ccc(CCNC(=O)N[C@@H]2[C@@H]3CCO[C@@H]3C2(C)C)cn1. The van der Waals surface area contributed by atoms with Gasteiger partial charge in [-0.15, -0.1) is 0 Å². The highest BCUT2D eigenvalue weighted by Crippen LogP contribution is 2.51. The Labute approximate surface area is 131 Å². The van der Waals surface area contributed by atoms with Gasteiger partial charge in [0.25, 0.3) is 0 Å². The molecule has 0 aromatic carbocycles. The molecular weight excluding hydrogens is 278 g/mol. The molecule has 1 aromatic rings. The fourth-order valence-corrected chi connectivity index (χ4v) is 3.78. The number of nitrogens with one attached hydrogen (secondary N) is 2. The van der Waals surface area contributed by atoms with Crippen molar-refractivity contribution < 1.29 is 9.53 Å². The third-order valence-electron chi connectivity index (χ3n) is 5.06. The van der Waals surface area contributed by atoms with Crippen LogP contribution in [0, 0.1) is 18.3 Å². The maximum absolute atomic E-state index is 12.1. The van der Waals surface area contributed by atoms with E-state index in [9.17, 15) is 4.79 Å². The predicted octanol–water partition coefficient (Wildman–Crippen LogP) is 2.05. The number of amides is 2. The molecule has 1 aromatic heterocycles. The molecule has 1 saturated heterocycles. The maximum Gasteiger partial charge on any atom is 0.315 e. The molecule has 2 fully saturated rings. The monoisotopic (exact) mass is 303 g/mol. The molecule has 1 aliphatic heterocycles. The van der Waals surface area contributed by atoms with Crippen LogP contribution in [0.1, 0.15) is 31.5 Å². The van der Waals surface area contributed by atoms with Gasteiger partial charge in [0.15, 0.2) is 0 Å². The largest absolute Gasteiger partial charge is 0.377 e. The topological polar surface area (TPSA) is 63.2 Å². The van der Waals surface area contributed by atoms with Crippen LogP contribution in [0.5, 0.6) is 0 Å². The van der Waals surface area contributed by atoms with Crippen LogP contribution in [0.25, 0.3) is 0 Å². The van der Waals surface area contributed by atoms with Crippen molar-refractivity contribution in [2.24, 2.45) is 11.3 Å². The van der Waals surface area contributed by atoms with Gasteiger partial charge >= 0.3 is 6.03 Å². The van der Waals surface area contributed by atoms with Crippen LogP contribution >= 0.6 is 0 Å². The molecule has 120 valence electrons. The fourth-order valence-electron chi connectivity index (χ4n) is 3.78. The highest BCUT2D eigenvalue weighted by Gasteiger charge is 2.59. The normalized spacial score (nSPS) is 28.6. The Bertz CT molecular complexity index is 541. The van der Waals surface area contributed by atoms with E-state index in [2.05, 4.69) is 35.5 Å². The summed E-state index contributed by atoms with van der Waals surface area (Å²) in [6.07, 6.45) is 4.01. The van der Waals surface area contributed by atoms with Crippen LogP contribution in [0.4, 0.5) is 4.79 Å². The Morgan fingerprint density at radius 3 is 3.00 bits per heavy atom. The number of nitrogens with zero attached hydrogens (tertiary/aromatic N) is 1. The van der Waals surface area contributed by atoms with Gasteiger partial charge in [0.05, 0.1) is 6.10 Å². The summed E-state index contributed by atoms with van der Waals surface area (Å²) in [6, 6.07) is 4.17. The molecule has 5 nitrogen and oxygen atoms in total. The van der Waals surface area contributed by atoms with Gasteiger partial charge in [-0.05, 0) is 31.4 Å². The van der Waals surface area contributed by atoms with Crippen LogP contribution in [0.15, 0.2) is 18.3 Å². The van der Waals surface area contributed by atoms with Gasteiger partial charge in [-0.25, -0.2) is 4.79 Å². The number of aryl methyl sites for hydroxylation is 1. The van der Waals surface area contributed by atoms with Gasteiger partial charge in [-0.3, -0.25) is 4.98 Å². The van der Waals surface area contributed by atoms with Gasteiger partial charge in [0.2, 0.25) is 0 Å². The van der Waals surface area contributed by atoms with Crippen molar-refractivity contribution >= 4 is 6.03 Å². The van der Waals surface area contributed by atoms with Gasteiger partial charge in [0.1, 0.15) is 0 Å². The van der Waals surface area contributed by atoms with E-state index in [1.165, 1.54) is 0 Å². The number of rotatable bonds is 4. The number of pyridine rings is 1. The summed E-state index contributed by atoms with van der Waals surface area (Å²) in [5.41, 5.74) is 2.17. The zero-order valence-corrected chi connectivity index (χ0v) is 13.6. The lowest BCUT2D eigenvalue weighted by Gasteiger charge is -2.54. The summed E-state index contributed by atoms with van der Waals surface area (Å²) < 4.78 is 5.75. The number of aromatic nitrogens is 1. The molecular formula is C17H25N3O2. The van der Waals surface area contributed by atoms with Crippen LogP contribution in [-0.4, -0.2) is 36.3 Å². The van der Waals surface area contributed by atoms with Crippen molar-refractivity contribution in [2.45, 2.75) is 45.8 Å². The Hall–Kier alpha value is -1.62. The number of hydrogen-bond donors (Lipinski definition) is 2. The molecule has 5 heteroatoms. The second-order valence-corrected chi connectivity index (χ2v) is 7.00. The van der Waals surface area contributed by atoms with Gasteiger partial charge in [-0.1, -0.05) is 19.9 Å². The third-order valence-corrected chi connectivity index (χ3v) is 5.06. The molecule has 0 radical (unpaired) electrons. The minimum Gasteiger partial charge on any atom is -0.377 e. The molecule has 1 aliphatic carbocycles. The van der Waals surface area contributed by atoms with E-state index in [0.717, 1.165) is 30.7 Å². The average molecular weight is 303 g/mol. The minimum absolute atomic E-state index is 0.0272. The van der Waals surface area contributed by atoms with Crippen molar-refractivity contribution in [3.63, 3.8) is 0 Å². The summed E-state index contributed by atoms with van der Waals surface area (Å²) in [5.74, 6) is 0.474. The fraction of sp³-hybridized carbons (Fsp3) is 0.647. The third kappa shape index (κ3) is 2.82. The molecule has 2 amide bonds. The zero-order chi connectivity index (χ0) is 15.7. The van der Waals surface area contributed by atoms with Crippen molar-refractivity contribution in [3.05, 3.63) is 29.6 Å². The molecule has 0 bridgehead atoms. The predicted molar refractivity (Wildman–Crippen MR) is 84.6 cm³/mol. The van der Waals surface area contributed by atoms with Crippen molar-refractivity contribution in [2.75, 3.05) is 13.2 Å². The van der Waals surface area contributed by atoms with Crippen molar-refractivity contribution in [1.82, 2.24) is 15.6 Å². The van der Waals surface area contributed by atoms with Crippen molar-refractivity contribution in [1.29, 1.82) is 0 Å². The van der Waals surface area contributed by atoms with Gasteiger partial charge in [-0.2, -0.15) is 0 Å². The summed E-state index contributed by atoms with van der Waals surface area (Å²) in [5, 5.41) is 6.07. The van der Waals surface area contributed by atoms with Crippen LogP contribution in [-0.2, 0) is 11.2 Å². The highest BCUT2D eigenvalue weighted by molar-refractivity contribution is 5.74. The second-order valence-electron chi connectivity index (χ2n) is 7.00. The lowest BCUT2D eigenvalue weighted by molar-refractivity contribution is -0.108. The Morgan fingerprint density at radius 1 is 1.45 bits per heavy atom. The molecule has 1 saturated carbocycles. The van der Waals surface area contributed by atoms with Crippen molar-refractivity contribution in [3.8, 4) is 0 Å². The molecule has 0 spiro atoms. The van der Waals surface area contributed by atoms with E-state index in [0.29, 0.717) is 18.6 Å². The van der Waals surface area contributed by atoms with E-state index in [1.807, 2.05) is 19.2 Å². The Morgan fingerprint density at radius 2 is 2.27 bits per heavy atom. The number of carbonyl (C=O) groups is 1. The first-order valence-corrected chi connectivity index (χ1v) is 8.06. The standard InChI is InChI=1S/C17H25N3O2/c1-11-4-5-12(10-19-11)6-8-18-16(21)20-14-13-7-9-22-15(13)17(14,2)3/h4-5,10,13-15H,6-9H2,1-3H3,(H2,18,20,21)/t13-,14+,15-/m0/s1. The van der Waals surface area contributed by atoms with E-state index < -0.39 is 0 Å². The highest BCUT2D eigenvalue weighted by atomic mass is 16.5. The first kappa shape index (κ1) is 15.3. The van der Waals surface area contributed by atoms with Gasteiger partial charge < -0.3 is 15.4 Å². The first-order chi connectivity index (χ1) is 10.5. The molecule has 22 heavy (non-hydrogen) atoms. The number of fused-ring (bicyclic) bond motifs is 1. The first-order valence-electron chi connectivity index (χ1n) is 8.06. The Balaban J connectivity index is 1.44. The molecule has 2 aliphatic rings. The quantitative estimate of drug-likeness (QED) is 0.895.